The second-order valence-corrected chi connectivity index (χ2v) is 7.00. The minimum absolute atomic E-state index is 0.488. The van der Waals surface area contributed by atoms with E-state index >= 15 is 0 Å². The smallest absolute Gasteiger partial charge is 0.0292 e. The van der Waals surface area contributed by atoms with Crippen molar-refractivity contribution in [3.63, 3.8) is 0 Å². The molecule has 0 radical (unpaired) electrons. The van der Waals surface area contributed by atoms with Gasteiger partial charge in [0, 0.05) is 12.6 Å². The van der Waals surface area contributed by atoms with Crippen LogP contribution in [-0.2, 0) is 12.8 Å². The van der Waals surface area contributed by atoms with Crippen LogP contribution in [0.5, 0.6) is 0 Å². The highest BCUT2D eigenvalue weighted by atomic mass is 14.9. The number of hydrogen-bond donors (Lipinski definition) is 1. The second-order valence-electron chi connectivity index (χ2n) is 7.00. The van der Waals surface area contributed by atoms with Crippen molar-refractivity contribution in [3.05, 3.63) is 34.9 Å². The molecule has 19 heavy (non-hydrogen) atoms. The third-order valence-corrected chi connectivity index (χ3v) is 5.50. The van der Waals surface area contributed by atoms with Crippen LogP contribution >= 0.6 is 0 Å². The largest absolute Gasteiger partial charge is 0.310 e. The number of fused-ring (bicyclic) bond motifs is 1. The average molecular weight is 257 g/mol. The number of nitrogens with one attached hydrogen (secondary N) is 1. The molecule has 2 aliphatic rings. The first kappa shape index (κ1) is 13.2. The first-order chi connectivity index (χ1) is 9.11. The summed E-state index contributed by atoms with van der Waals surface area (Å²) >= 11 is 0. The fraction of sp³-hybridized carbons (Fsp3) is 0.667. The van der Waals surface area contributed by atoms with Crippen LogP contribution in [0.25, 0.3) is 0 Å². The van der Waals surface area contributed by atoms with Gasteiger partial charge < -0.3 is 5.32 Å². The molecule has 1 saturated carbocycles. The first-order valence-electron chi connectivity index (χ1n) is 7.96. The van der Waals surface area contributed by atoms with Crippen LogP contribution in [0.2, 0.25) is 0 Å². The molecule has 1 unspecified atom stereocenters. The van der Waals surface area contributed by atoms with Gasteiger partial charge >= 0.3 is 0 Å². The normalized spacial score (nSPS) is 21.5. The Hall–Kier alpha value is -0.820. The third kappa shape index (κ3) is 2.58. The maximum Gasteiger partial charge on any atom is 0.0292 e. The molecule has 1 fully saturated rings. The van der Waals surface area contributed by atoms with E-state index in [2.05, 4.69) is 44.3 Å². The summed E-state index contributed by atoms with van der Waals surface area (Å²) in [6, 6.07) is 7.61. The second kappa shape index (κ2) is 4.94. The van der Waals surface area contributed by atoms with Crippen molar-refractivity contribution in [2.45, 2.75) is 58.9 Å². The zero-order valence-corrected chi connectivity index (χ0v) is 12.6. The van der Waals surface area contributed by atoms with Crippen molar-refractivity contribution in [1.29, 1.82) is 0 Å². The Labute approximate surface area is 117 Å². The van der Waals surface area contributed by atoms with Crippen molar-refractivity contribution >= 4 is 0 Å². The Morgan fingerprint density at radius 2 is 1.84 bits per heavy atom. The molecule has 0 aromatic heterocycles. The fourth-order valence-electron chi connectivity index (χ4n) is 3.45. The SMILES string of the molecule is CC(NCC1(C(C)C)CC1)c1ccc2c(c1)CCC2. The molecule has 0 heterocycles. The lowest BCUT2D eigenvalue weighted by atomic mass is 9.92. The minimum atomic E-state index is 0.488. The Morgan fingerprint density at radius 1 is 1.11 bits per heavy atom. The van der Waals surface area contributed by atoms with Gasteiger partial charge in [0.1, 0.15) is 0 Å². The topological polar surface area (TPSA) is 12.0 Å². The van der Waals surface area contributed by atoms with E-state index in [4.69, 9.17) is 0 Å². The Balaban J connectivity index is 1.63. The van der Waals surface area contributed by atoms with Gasteiger partial charge in [-0.25, -0.2) is 0 Å². The van der Waals surface area contributed by atoms with Crippen LogP contribution in [0.15, 0.2) is 18.2 Å². The predicted octanol–water partition coefficient (Wildman–Crippen LogP) is 4.26. The molecule has 0 aliphatic heterocycles. The standard InChI is InChI=1S/C18H27N/c1-13(2)18(9-10-18)12-19-14(3)16-8-7-15-5-4-6-17(15)11-16/h7-8,11,13-14,19H,4-6,9-10,12H2,1-3H3. The van der Waals surface area contributed by atoms with Crippen LogP contribution in [0.4, 0.5) is 0 Å². The van der Waals surface area contributed by atoms with E-state index in [1.54, 1.807) is 11.1 Å². The van der Waals surface area contributed by atoms with Gasteiger partial charge in [-0.1, -0.05) is 32.0 Å². The van der Waals surface area contributed by atoms with E-state index in [0.717, 1.165) is 5.92 Å². The summed E-state index contributed by atoms with van der Waals surface area (Å²) in [6.07, 6.45) is 6.74. The highest BCUT2D eigenvalue weighted by Crippen LogP contribution is 2.51. The van der Waals surface area contributed by atoms with Crippen LogP contribution in [0.3, 0.4) is 0 Å². The maximum absolute atomic E-state index is 3.77. The van der Waals surface area contributed by atoms with Crippen LogP contribution in [0, 0.1) is 11.3 Å². The molecule has 1 nitrogen and oxygen atoms in total. The van der Waals surface area contributed by atoms with Crippen LogP contribution in [-0.4, -0.2) is 6.54 Å². The van der Waals surface area contributed by atoms with E-state index < -0.39 is 0 Å². The highest BCUT2D eigenvalue weighted by Gasteiger charge is 2.44. The van der Waals surface area contributed by atoms with Crippen molar-refractivity contribution in [3.8, 4) is 0 Å². The van der Waals surface area contributed by atoms with E-state index in [0.29, 0.717) is 11.5 Å². The summed E-state index contributed by atoms with van der Waals surface area (Å²) in [5.41, 5.74) is 5.25. The van der Waals surface area contributed by atoms with Gasteiger partial charge in [0.2, 0.25) is 0 Å². The van der Waals surface area contributed by atoms with Gasteiger partial charge in [-0.05, 0) is 67.1 Å². The molecular weight excluding hydrogens is 230 g/mol. The Morgan fingerprint density at radius 3 is 2.53 bits per heavy atom. The lowest BCUT2D eigenvalue weighted by Gasteiger charge is -2.23. The van der Waals surface area contributed by atoms with Gasteiger partial charge in [-0.15, -0.1) is 0 Å². The first-order valence-corrected chi connectivity index (χ1v) is 7.96. The molecule has 0 spiro atoms. The summed E-state index contributed by atoms with van der Waals surface area (Å²) in [6.45, 7) is 8.24. The van der Waals surface area contributed by atoms with Gasteiger partial charge in [0.05, 0.1) is 0 Å². The van der Waals surface area contributed by atoms with Crippen molar-refractivity contribution in [2.75, 3.05) is 6.54 Å². The minimum Gasteiger partial charge on any atom is -0.310 e. The maximum atomic E-state index is 3.77. The van der Waals surface area contributed by atoms with E-state index in [1.807, 2.05) is 0 Å². The molecule has 1 heteroatoms. The van der Waals surface area contributed by atoms with Gasteiger partial charge in [-0.3, -0.25) is 0 Å². The molecule has 3 rings (SSSR count). The molecular formula is C18H27N. The molecule has 2 aliphatic carbocycles. The summed E-state index contributed by atoms with van der Waals surface area (Å²) in [5.74, 6) is 0.812. The zero-order valence-electron chi connectivity index (χ0n) is 12.6. The summed E-state index contributed by atoms with van der Waals surface area (Å²) in [5, 5.41) is 3.77. The Bertz CT molecular complexity index is 457. The average Bonchev–Trinajstić information content (AvgIpc) is 3.06. The van der Waals surface area contributed by atoms with Crippen molar-refractivity contribution < 1.29 is 0 Å². The fourth-order valence-corrected chi connectivity index (χ4v) is 3.45. The van der Waals surface area contributed by atoms with Gasteiger partial charge in [0.25, 0.3) is 0 Å². The lowest BCUT2D eigenvalue weighted by molar-refractivity contribution is 0.325. The number of benzene rings is 1. The van der Waals surface area contributed by atoms with Crippen LogP contribution < -0.4 is 5.32 Å². The quantitative estimate of drug-likeness (QED) is 0.831. The summed E-state index contributed by atoms with van der Waals surface area (Å²) < 4.78 is 0. The molecule has 104 valence electrons. The molecule has 0 saturated heterocycles. The Kier molecular flexibility index (Phi) is 3.42. The molecule has 1 atom stereocenters. The zero-order chi connectivity index (χ0) is 13.5. The lowest BCUT2D eigenvalue weighted by Crippen LogP contribution is -2.29. The number of rotatable bonds is 5. The molecule has 1 aromatic carbocycles. The predicted molar refractivity (Wildman–Crippen MR) is 81.4 cm³/mol. The van der Waals surface area contributed by atoms with Gasteiger partial charge in [0.15, 0.2) is 0 Å². The van der Waals surface area contributed by atoms with Crippen molar-refractivity contribution in [2.24, 2.45) is 11.3 Å². The molecule has 1 aromatic rings. The summed E-state index contributed by atoms with van der Waals surface area (Å²) in [7, 11) is 0. The van der Waals surface area contributed by atoms with E-state index in [9.17, 15) is 0 Å². The highest BCUT2D eigenvalue weighted by molar-refractivity contribution is 5.36. The molecule has 0 bridgehead atoms. The van der Waals surface area contributed by atoms with E-state index in [1.165, 1.54) is 44.2 Å². The molecule has 0 amide bonds. The number of hydrogen-bond acceptors (Lipinski definition) is 1. The van der Waals surface area contributed by atoms with E-state index in [-0.39, 0.29) is 0 Å². The summed E-state index contributed by atoms with van der Waals surface area (Å²) in [4.78, 5) is 0. The van der Waals surface area contributed by atoms with Crippen LogP contribution in [0.1, 0.15) is 62.8 Å². The van der Waals surface area contributed by atoms with Crippen molar-refractivity contribution in [1.82, 2.24) is 5.32 Å². The monoisotopic (exact) mass is 257 g/mol. The number of aryl methyl sites for hydroxylation is 2. The molecule has 1 N–H and O–H groups in total. The third-order valence-electron chi connectivity index (χ3n) is 5.50. The van der Waals surface area contributed by atoms with Gasteiger partial charge in [-0.2, -0.15) is 0 Å².